The van der Waals surface area contributed by atoms with Gasteiger partial charge in [0.05, 0.1) is 22.2 Å². The molecule has 8 heteroatoms. The topological polar surface area (TPSA) is 118 Å². The molecule has 0 spiro atoms. The van der Waals surface area contributed by atoms with Crippen LogP contribution in [0.2, 0.25) is 0 Å². The van der Waals surface area contributed by atoms with Crippen LogP contribution in [0.15, 0.2) is 68.5 Å². The number of hydrogen-bond donors (Lipinski definition) is 0. The van der Waals surface area contributed by atoms with Gasteiger partial charge in [0, 0.05) is 0 Å². The minimum atomic E-state index is -0.640. The molecule has 0 heterocycles. The van der Waals surface area contributed by atoms with Gasteiger partial charge in [-0.25, -0.2) is 19.2 Å². The Balaban J connectivity index is 0.000000360. The smallest absolute Gasteiger partial charge is 0.211 e. The number of nitrogens with zero attached hydrogens (tertiary/aromatic N) is 4. The van der Waals surface area contributed by atoms with Crippen LogP contribution in [-0.2, 0) is 41.3 Å². The number of hydrogen-bond acceptors (Lipinski definition) is 8. The van der Waals surface area contributed by atoms with Gasteiger partial charge < -0.3 is 0 Å². The third-order valence-corrected chi connectivity index (χ3v) is 5.87. The van der Waals surface area contributed by atoms with Crippen LogP contribution >= 0.6 is 0 Å². The Kier molecular flexibility index (Phi) is 10.1. The van der Waals surface area contributed by atoms with Gasteiger partial charge >= 0.3 is 0 Å². The van der Waals surface area contributed by atoms with Crippen LogP contribution in [0, 0.1) is 0 Å². The highest BCUT2D eigenvalue weighted by molar-refractivity contribution is 5.42. The number of isocyanates is 4. The first-order valence-corrected chi connectivity index (χ1v) is 11.2. The first-order chi connectivity index (χ1) is 16.7. The molecule has 0 atom stereocenters. The van der Waals surface area contributed by atoms with Crippen molar-refractivity contribution in [3.05, 3.63) is 70.8 Å². The third-order valence-electron chi connectivity index (χ3n) is 5.87. The zero-order valence-corrected chi connectivity index (χ0v) is 22.0. The normalized spacial score (nSPS) is 11.3. The Labute approximate surface area is 212 Å². The van der Waals surface area contributed by atoms with Crippen molar-refractivity contribution < 1.29 is 19.2 Å². The molecule has 0 aromatic heterocycles. The number of aliphatic imine (C=N–C) groups is 4. The average molecular weight is 489 g/mol. The van der Waals surface area contributed by atoms with Gasteiger partial charge in [0.25, 0.3) is 0 Å². The fourth-order valence-corrected chi connectivity index (χ4v) is 3.28. The van der Waals surface area contributed by atoms with Gasteiger partial charge in [-0.15, -0.1) is 0 Å². The highest BCUT2D eigenvalue weighted by Crippen LogP contribution is 2.31. The van der Waals surface area contributed by atoms with Crippen LogP contribution in [0.3, 0.4) is 0 Å². The van der Waals surface area contributed by atoms with E-state index in [0.29, 0.717) is 0 Å². The van der Waals surface area contributed by atoms with Crippen molar-refractivity contribution in [1.29, 1.82) is 0 Å². The molecule has 0 aliphatic carbocycles. The molecule has 0 unspecified atom stereocenters. The van der Waals surface area contributed by atoms with Crippen molar-refractivity contribution in [1.82, 2.24) is 0 Å². The highest BCUT2D eigenvalue weighted by Gasteiger charge is 2.25. The van der Waals surface area contributed by atoms with Gasteiger partial charge in [-0.05, 0) is 77.6 Å². The fraction of sp³-hybridized carbons (Fsp3) is 0.429. The molecule has 8 nitrogen and oxygen atoms in total. The second-order valence-corrected chi connectivity index (χ2v) is 10.2. The second kappa shape index (κ2) is 12.1. The molecule has 0 radical (unpaired) electrons. The molecular weight excluding hydrogens is 456 g/mol. The van der Waals surface area contributed by atoms with Crippen molar-refractivity contribution in [3.63, 3.8) is 0 Å². The summed E-state index contributed by atoms with van der Waals surface area (Å²) in [5.41, 5.74) is 1.07. The quantitative estimate of drug-likeness (QED) is 0.352. The van der Waals surface area contributed by atoms with E-state index in [2.05, 4.69) is 20.0 Å². The van der Waals surface area contributed by atoms with E-state index in [1.807, 2.05) is 104 Å². The summed E-state index contributed by atoms with van der Waals surface area (Å²) in [4.78, 5) is 56.6. The lowest BCUT2D eigenvalue weighted by Crippen LogP contribution is -2.18. The van der Waals surface area contributed by atoms with Crippen LogP contribution in [0.1, 0.15) is 77.6 Å². The second-order valence-electron chi connectivity index (χ2n) is 10.2. The van der Waals surface area contributed by atoms with Gasteiger partial charge in [0.15, 0.2) is 0 Å². The van der Waals surface area contributed by atoms with Gasteiger partial charge in [-0.3, -0.25) is 0 Å². The minimum absolute atomic E-state index is 0.599. The zero-order valence-electron chi connectivity index (χ0n) is 22.0. The zero-order chi connectivity index (χ0) is 27.6. The lowest BCUT2D eigenvalue weighted by atomic mass is 9.88. The predicted octanol–water partition coefficient (Wildman–Crippen LogP) is 5.66. The third kappa shape index (κ3) is 8.02. The summed E-state index contributed by atoms with van der Waals surface area (Å²) in [5, 5.41) is 0. The largest absolute Gasteiger partial charge is 0.235 e. The van der Waals surface area contributed by atoms with E-state index in [-0.39, 0.29) is 0 Å². The van der Waals surface area contributed by atoms with Crippen LogP contribution in [0.25, 0.3) is 0 Å². The Morgan fingerprint density at radius 1 is 0.444 bits per heavy atom. The van der Waals surface area contributed by atoms with E-state index < -0.39 is 22.2 Å². The van der Waals surface area contributed by atoms with Gasteiger partial charge in [-0.1, -0.05) is 48.5 Å². The summed E-state index contributed by atoms with van der Waals surface area (Å²) >= 11 is 0. The van der Waals surface area contributed by atoms with Crippen molar-refractivity contribution in [2.24, 2.45) is 20.0 Å². The summed E-state index contributed by atoms with van der Waals surface area (Å²) in [7, 11) is 0. The maximum absolute atomic E-state index is 10.4. The fourth-order valence-electron chi connectivity index (χ4n) is 3.28. The summed E-state index contributed by atoms with van der Waals surface area (Å²) in [5.74, 6) is 0. The number of carbonyl (C=O) groups excluding carboxylic acids is 4. The summed E-state index contributed by atoms with van der Waals surface area (Å²) < 4.78 is 0. The first-order valence-electron chi connectivity index (χ1n) is 11.2. The molecule has 0 N–H and O–H groups in total. The lowest BCUT2D eigenvalue weighted by molar-refractivity contribution is 0.512. The molecule has 0 aliphatic rings. The standard InChI is InChI=1S/2C14H16N2O2/c1-13(2,15-9-17)11-5-7-12(8-6-11)14(3,4)16-10-18;1-13(2,15-9-17)11-6-5-7-12(8-11)14(3,4)16-10-18/h2*5-8H,1-4H3. The van der Waals surface area contributed by atoms with Gasteiger partial charge in [0.1, 0.15) is 0 Å². The molecule has 0 saturated heterocycles. The van der Waals surface area contributed by atoms with E-state index in [9.17, 15) is 19.2 Å². The van der Waals surface area contributed by atoms with Crippen molar-refractivity contribution in [3.8, 4) is 0 Å². The van der Waals surface area contributed by atoms with Crippen LogP contribution in [0.5, 0.6) is 0 Å². The highest BCUT2D eigenvalue weighted by atomic mass is 16.1. The Morgan fingerprint density at radius 2 is 0.694 bits per heavy atom. The summed E-state index contributed by atoms with van der Waals surface area (Å²) in [6.07, 6.45) is 6.31. The molecular formula is C28H32N4O4. The molecule has 0 amide bonds. The minimum Gasteiger partial charge on any atom is -0.211 e. The van der Waals surface area contributed by atoms with Crippen molar-refractivity contribution >= 4 is 24.3 Å². The molecule has 0 aliphatic heterocycles. The Bertz CT molecular complexity index is 1160. The SMILES string of the molecule is CC(C)(N=C=O)c1ccc(C(C)(C)N=C=O)cc1.CC(C)(N=C=O)c1cccc(C(C)(C)N=C=O)c1. The maximum Gasteiger partial charge on any atom is 0.235 e. The molecule has 2 aromatic carbocycles. The molecule has 36 heavy (non-hydrogen) atoms. The van der Waals surface area contributed by atoms with E-state index in [0.717, 1.165) is 22.3 Å². The van der Waals surface area contributed by atoms with E-state index in [4.69, 9.17) is 0 Å². The predicted molar refractivity (Wildman–Crippen MR) is 137 cm³/mol. The number of benzene rings is 2. The van der Waals surface area contributed by atoms with Crippen molar-refractivity contribution in [2.45, 2.75) is 77.5 Å². The summed E-state index contributed by atoms with van der Waals surface area (Å²) in [6.45, 7) is 14.6. The molecule has 0 saturated carbocycles. The molecule has 188 valence electrons. The molecule has 2 aromatic rings. The van der Waals surface area contributed by atoms with Crippen LogP contribution in [0.4, 0.5) is 0 Å². The Morgan fingerprint density at radius 3 is 0.944 bits per heavy atom. The van der Waals surface area contributed by atoms with Crippen LogP contribution < -0.4 is 0 Å². The molecule has 0 fully saturated rings. The summed E-state index contributed by atoms with van der Waals surface area (Å²) in [6, 6.07) is 15.0. The lowest BCUT2D eigenvalue weighted by Gasteiger charge is -2.23. The molecule has 0 bridgehead atoms. The number of rotatable bonds is 8. The first kappa shape index (κ1) is 30.0. The van der Waals surface area contributed by atoms with Gasteiger partial charge in [0.2, 0.25) is 24.3 Å². The molecule has 2 rings (SSSR count). The van der Waals surface area contributed by atoms with E-state index in [1.54, 1.807) is 24.3 Å². The Hall–Kier alpha value is -4.04. The van der Waals surface area contributed by atoms with E-state index >= 15 is 0 Å². The van der Waals surface area contributed by atoms with E-state index in [1.165, 1.54) is 0 Å². The monoisotopic (exact) mass is 488 g/mol. The van der Waals surface area contributed by atoms with Gasteiger partial charge in [-0.2, -0.15) is 20.0 Å². The van der Waals surface area contributed by atoms with Crippen molar-refractivity contribution in [2.75, 3.05) is 0 Å². The van der Waals surface area contributed by atoms with Crippen LogP contribution in [-0.4, -0.2) is 24.3 Å². The average Bonchev–Trinajstić information content (AvgIpc) is 2.80. The maximum atomic E-state index is 10.4.